The Labute approximate surface area is 214 Å². The number of hydrogen-bond donors (Lipinski definition) is 3. The molecule has 182 valence electrons. The minimum Gasteiger partial charge on any atom is -0.497 e. The maximum atomic E-state index is 14.1. The molecule has 3 N–H and O–H groups in total. The van der Waals surface area contributed by atoms with Crippen LogP contribution in [-0.4, -0.2) is 37.0 Å². The molecule has 0 aliphatic rings. The van der Waals surface area contributed by atoms with Gasteiger partial charge in [0.2, 0.25) is 5.13 Å². The number of anilines is 2. The van der Waals surface area contributed by atoms with Crippen LogP contribution >= 0.6 is 11.3 Å². The summed E-state index contributed by atoms with van der Waals surface area (Å²) in [4.78, 5) is 17.4. The molecule has 9 nitrogen and oxygen atoms in total. The van der Waals surface area contributed by atoms with Gasteiger partial charge in [0.15, 0.2) is 0 Å². The van der Waals surface area contributed by atoms with Gasteiger partial charge in [0.1, 0.15) is 22.9 Å². The van der Waals surface area contributed by atoms with E-state index in [1.165, 1.54) is 4.52 Å². The highest BCUT2D eigenvalue weighted by Gasteiger charge is 2.23. The summed E-state index contributed by atoms with van der Waals surface area (Å²) in [7, 11) is 1.59. The highest BCUT2D eigenvalue weighted by Crippen LogP contribution is 2.36. The molecule has 0 aliphatic carbocycles. The van der Waals surface area contributed by atoms with Gasteiger partial charge in [-0.15, -0.1) is 5.10 Å². The van der Waals surface area contributed by atoms with Crippen molar-refractivity contribution in [2.45, 2.75) is 0 Å². The molecule has 0 fully saturated rings. The van der Waals surface area contributed by atoms with Crippen molar-refractivity contribution >= 4 is 27.9 Å². The molecule has 0 saturated heterocycles. The lowest BCUT2D eigenvalue weighted by atomic mass is 10.0. The number of aromatic amines is 1. The van der Waals surface area contributed by atoms with E-state index in [0.717, 1.165) is 28.0 Å². The van der Waals surface area contributed by atoms with Crippen LogP contribution in [0.4, 0.5) is 10.9 Å². The van der Waals surface area contributed by atoms with Crippen LogP contribution in [0.1, 0.15) is 0 Å². The van der Waals surface area contributed by atoms with E-state index in [1.54, 1.807) is 31.4 Å². The average Bonchev–Trinajstić information content (AvgIpc) is 3.53. The van der Waals surface area contributed by atoms with E-state index in [2.05, 4.69) is 20.5 Å². The van der Waals surface area contributed by atoms with E-state index in [1.807, 2.05) is 60.7 Å². The Morgan fingerprint density at radius 2 is 1.51 bits per heavy atom. The maximum absolute atomic E-state index is 14.1. The summed E-state index contributed by atoms with van der Waals surface area (Å²) in [6, 6.07) is 26.7. The van der Waals surface area contributed by atoms with Gasteiger partial charge in [-0.1, -0.05) is 77.9 Å². The average molecular weight is 509 g/mol. The van der Waals surface area contributed by atoms with Crippen molar-refractivity contribution in [1.82, 2.24) is 24.8 Å². The fourth-order valence-electron chi connectivity index (χ4n) is 4.24. The van der Waals surface area contributed by atoms with Crippen LogP contribution in [-0.2, 0) is 0 Å². The van der Waals surface area contributed by atoms with Crippen LogP contribution in [0.25, 0.3) is 39.2 Å². The Hall–Kier alpha value is -4.96. The molecular weight excluding hydrogens is 488 g/mol. The Kier molecular flexibility index (Phi) is 5.62. The second-order valence-electron chi connectivity index (χ2n) is 8.14. The summed E-state index contributed by atoms with van der Waals surface area (Å²) in [5.41, 5.74) is 4.44. The molecule has 10 heteroatoms. The van der Waals surface area contributed by atoms with Gasteiger partial charge in [-0.3, -0.25) is 4.79 Å². The predicted octanol–water partition coefficient (Wildman–Crippen LogP) is 5.33. The first-order valence-electron chi connectivity index (χ1n) is 11.4. The molecule has 0 spiro atoms. The molecule has 0 aliphatic heterocycles. The van der Waals surface area contributed by atoms with E-state index >= 15 is 0 Å². The maximum Gasteiger partial charge on any atom is 0.293 e. The number of benzene rings is 3. The Bertz CT molecular complexity index is 1760. The molecule has 0 bridgehead atoms. The number of rotatable bonds is 6. The first kappa shape index (κ1) is 22.5. The molecule has 6 rings (SSSR count). The molecule has 6 aromatic rings. The zero-order valence-electron chi connectivity index (χ0n) is 19.5. The van der Waals surface area contributed by atoms with Crippen LogP contribution in [0.5, 0.6) is 10.9 Å². The van der Waals surface area contributed by atoms with E-state index in [0.29, 0.717) is 39.2 Å². The summed E-state index contributed by atoms with van der Waals surface area (Å²) in [5.74, 6) is 1.07. The van der Waals surface area contributed by atoms with Gasteiger partial charge in [-0.25, -0.2) is 0 Å². The van der Waals surface area contributed by atoms with E-state index in [9.17, 15) is 9.90 Å². The summed E-state index contributed by atoms with van der Waals surface area (Å²) in [5, 5.41) is 25.4. The second kappa shape index (κ2) is 9.25. The van der Waals surface area contributed by atoms with Crippen LogP contribution in [0.3, 0.4) is 0 Å². The summed E-state index contributed by atoms with van der Waals surface area (Å²) >= 11 is 0.964. The highest BCUT2D eigenvalue weighted by molar-refractivity contribution is 7.16. The smallest absolute Gasteiger partial charge is 0.293 e. The number of H-pyrrole nitrogens is 1. The lowest BCUT2D eigenvalue weighted by molar-refractivity contribution is 0.415. The number of aromatic nitrogens is 5. The van der Waals surface area contributed by atoms with Crippen molar-refractivity contribution in [3.05, 3.63) is 95.3 Å². The van der Waals surface area contributed by atoms with Gasteiger partial charge in [-0.05, 0) is 34.6 Å². The van der Waals surface area contributed by atoms with E-state index in [4.69, 9.17) is 9.84 Å². The largest absolute Gasteiger partial charge is 0.497 e. The minimum absolute atomic E-state index is 0.183. The Morgan fingerprint density at radius 1 is 0.865 bits per heavy atom. The number of nitrogens with one attached hydrogen (secondary N) is 2. The normalized spacial score (nSPS) is 11.1. The molecule has 3 aromatic carbocycles. The standard InChI is InChI=1S/C27H20N6O3S/c1-36-19-14-12-17(13-15-19)21-23(29-26-30-31-27(35)37-26)28-24-20(16-8-4-2-5-9-16)22(32-33(24)25(21)34)18-10-6-3-7-11-18/h2-15,28H,1H3,(H,29,30)(H,31,35). The quantitative estimate of drug-likeness (QED) is 0.278. The molecule has 37 heavy (non-hydrogen) atoms. The van der Waals surface area contributed by atoms with Crippen LogP contribution in [0, 0.1) is 0 Å². The third-order valence-electron chi connectivity index (χ3n) is 5.92. The first-order valence-corrected chi connectivity index (χ1v) is 12.2. The van der Waals surface area contributed by atoms with Crippen molar-refractivity contribution in [2.75, 3.05) is 12.4 Å². The van der Waals surface area contributed by atoms with Gasteiger partial charge < -0.3 is 20.1 Å². The number of ether oxygens (including phenoxy) is 1. The lowest BCUT2D eigenvalue weighted by Crippen LogP contribution is -2.19. The molecule has 0 atom stereocenters. The zero-order valence-corrected chi connectivity index (χ0v) is 20.4. The SMILES string of the molecule is COc1ccc(-c2c(Nc3nnc(O)s3)[nH]c3c(-c4ccccc4)c(-c4ccccc4)nn3c2=O)cc1. The van der Waals surface area contributed by atoms with Crippen LogP contribution in [0.15, 0.2) is 89.7 Å². The van der Waals surface area contributed by atoms with Gasteiger partial charge in [0, 0.05) is 5.56 Å². The highest BCUT2D eigenvalue weighted by atomic mass is 32.1. The van der Waals surface area contributed by atoms with Gasteiger partial charge in [0.05, 0.1) is 18.2 Å². The summed E-state index contributed by atoms with van der Waals surface area (Å²) < 4.78 is 6.68. The molecule has 0 radical (unpaired) electrons. The van der Waals surface area contributed by atoms with Crippen LogP contribution in [0.2, 0.25) is 0 Å². The molecule has 3 aromatic heterocycles. The van der Waals surface area contributed by atoms with Crippen molar-refractivity contribution in [2.24, 2.45) is 0 Å². The van der Waals surface area contributed by atoms with Crippen molar-refractivity contribution in [3.8, 4) is 44.5 Å². The van der Waals surface area contributed by atoms with Crippen molar-refractivity contribution in [1.29, 1.82) is 0 Å². The van der Waals surface area contributed by atoms with Gasteiger partial charge in [0.25, 0.3) is 10.8 Å². The summed E-state index contributed by atoms with van der Waals surface area (Å²) in [6.45, 7) is 0. The second-order valence-corrected chi connectivity index (χ2v) is 9.10. The molecule has 0 saturated carbocycles. The first-order chi connectivity index (χ1) is 18.1. The number of methoxy groups -OCH3 is 1. The lowest BCUT2D eigenvalue weighted by Gasteiger charge is -2.12. The fraction of sp³-hybridized carbons (Fsp3) is 0.0370. The molecule has 0 amide bonds. The Balaban J connectivity index is 1.67. The van der Waals surface area contributed by atoms with Crippen LogP contribution < -0.4 is 15.6 Å². The van der Waals surface area contributed by atoms with E-state index in [-0.39, 0.29) is 10.8 Å². The van der Waals surface area contributed by atoms with Gasteiger partial charge in [-0.2, -0.15) is 9.61 Å². The molecular formula is C27H20N6O3S. The van der Waals surface area contributed by atoms with E-state index < -0.39 is 0 Å². The predicted molar refractivity (Wildman–Crippen MR) is 144 cm³/mol. The zero-order chi connectivity index (χ0) is 25.4. The number of hydrogen-bond acceptors (Lipinski definition) is 8. The fourth-order valence-corrected chi connectivity index (χ4v) is 4.73. The minimum atomic E-state index is -0.325. The van der Waals surface area contributed by atoms with Crippen molar-refractivity contribution in [3.63, 3.8) is 0 Å². The number of fused-ring (bicyclic) bond motifs is 1. The number of nitrogens with zero attached hydrogens (tertiary/aromatic N) is 4. The third-order valence-corrected chi connectivity index (χ3v) is 6.56. The Morgan fingerprint density at radius 3 is 2.14 bits per heavy atom. The monoisotopic (exact) mass is 508 g/mol. The molecule has 0 unspecified atom stereocenters. The summed E-state index contributed by atoms with van der Waals surface area (Å²) in [6.07, 6.45) is 0. The van der Waals surface area contributed by atoms with Crippen molar-refractivity contribution < 1.29 is 9.84 Å². The topological polar surface area (TPSA) is 117 Å². The van der Waals surface area contributed by atoms with Gasteiger partial charge >= 0.3 is 0 Å². The third kappa shape index (κ3) is 4.09. The number of aromatic hydroxyl groups is 1. The molecule has 3 heterocycles.